The average molecular weight is 308 g/mol. The summed E-state index contributed by atoms with van der Waals surface area (Å²) in [6.45, 7) is 0. The summed E-state index contributed by atoms with van der Waals surface area (Å²) >= 11 is 0. The Balaban J connectivity index is 2.76. The number of ether oxygens (including phenoxy) is 4. The molecule has 0 atom stereocenters. The highest BCUT2D eigenvalue weighted by Gasteiger charge is 2.38. The predicted molar refractivity (Wildman–Crippen MR) is 76.2 cm³/mol. The minimum absolute atomic E-state index is 0.0346. The highest BCUT2D eigenvalue weighted by molar-refractivity contribution is 5.46. The van der Waals surface area contributed by atoms with Gasteiger partial charge in [-0.2, -0.15) is 0 Å². The van der Waals surface area contributed by atoms with E-state index in [0.29, 0.717) is 21.3 Å². The average Bonchev–Trinajstić information content (AvgIpc) is 2.54. The Morgan fingerprint density at radius 3 is 2.09 bits per heavy atom. The molecule has 0 aromatic heterocycles. The normalized spacial score (nSPS) is 21.5. The summed E-state index contributed by atoms with van der Waals surface area (Å²) < 4.78 is 21.3. The molecule has 0 aromatic carbocycles. The monoisotopic (exact) mass is 308 g/mol. The van der Waals surface area contributed by atoms with Gasteiger partial charge in [0.15, 0.2) is 23.0 Å². The second kappa shape index (κ2) is 6.35. The third kappa shape index (κ3) is 2.44. The van der Waals surface area contributed by atoms with Crippen molar-refractivity contribution in [2.45, 2.75) is 0 Å². The van der Waals surface area contributed by atoms with Crippen molar-refractivity contribution in [3.63, 3.8) is 0 Å². The van der Waals surface area contributed by atoms with E-state index in [4.69, 9.17) is 18.9 Å². The minimum Gasteiger partial charge on any atom is -0.754 e. The Bertz CT molecular complexity index is 642. The maximum absolute atomic E-state index is 12.2. The molecule has 2 rings (SSSR count). The molecule has 0 aliphatic carbocycles. The van der Waals surface area contributed by atoms with Crippen LogP contribution < -0.4 is 0 Å². The molecule has 2 aliphatic heterocycles. The van der Waals surface area contributed by atoms with Crippen LogP contribution in [0.15, 0.2) is 59.0 Å². The van der Waals surface area contributed by atoms with Gasteiger partial charge in [-0.1, -0.05) is 0 Å². The van der Waals surface area contributed by atoms with Gasteiger partial charge in [0.05, 0.1) is 39.3 Å². The zero-order chi connectivity index (χ0) is 16.3. The Morgan fingerprint density at radius 1 is 0.955 bits per heavy atom. The van der Waals surface area contributed by atoms with Gasteiger partial charge in [0.2, 0.25) is 12.0 Å². The van der Waals surface area contributed by atoms with Crippen LogP contribution in [-0.4, -0.2) is 38.3 Å². The molecule has 0 radical (unpaired) electrons. The van der Waals surface area contributed by atoms with Crippen LogP contribution in [0.5, 0.6) is 0 Å². The molecule has 22 heavy (non-hydrogen) atoms. The van der Waals surface area contributed by atoms with Crippen LogP contribution in [0.2, 0.25) is 0 Å². The summed E-state index contributed by atoms with van der Waals surface area (Å²) in [5.41, 5.74) is -0.0693. The number of hydrogen-bond donors (Lipinski definition) is 0. The molecule has 0 fully saturated rings. The van der Waals surface area contributed by atoms with E-state index in [2.05, 4.69) is 0 Å². The van der Waals surface area contributed by atoms with Crippen molar-refractivity contribution in [3.8, 4) is 0 Å². The van der Waals surface area contributed by atoms with Gasteiger partial charge in [-0.3, -0.25) is 0 Å². The fourth-order valence-electron chi connectivity index (χ4n) is 2.14. The van der Waals surface area contributed by atoms with Gasteiger partial charge >= 0.3 is 5.70 Å². The lowest BCUT2D eigenvalue weighted by atomic mass is 10.1. The van der Waals surface area contributed by atoms with Gasteiger partial charge in [-0.15, -0.1) is 0 Å². The highest BCUT2D eigenvalue weighted by Crippen LogP contribution is 2.34. The molecule has 0 N–H and O–H groups in total. The molecule has 0 saturated heterocycles. The number of rotatable bonds is 4. The van der Waals surface area contributed by atoms with Crippen LogP contribution in [0.25, 0.3) is 0 Å². The second-order valence-electron chi connectivity index (χ2n) is 4.18. The van der Waals surface area contributed by atoms with Crippen LogP contribution in [-0.2, 0) is 18.9 Å². The zero-order valence-electron chi connectivity index (χ0n) is 12.7. The number of nitroso groups, excluding NO2 is 1. The Hall–Kier alpha value is -2.74. The summed E-state index contributed by atoms with van der Waals surface area (Å²) in [6, 6.07) is 0. The van der Waals surface area contributed by atoms with Crippen LogP contribution in [0.1, 0.15) is 0 Å². The van der Waals surface area contributed by atoms with Gasteiger partial charge in [0.25, 0.3) is 0 Å². The van der Waals surface area contributed by atoms with Crippen molar-refractivity contribution in [3.05, 3.63) is 69.1 Å². The van der Waals surface area contributed by atoms with Crippen LogP contribution in [0.4, 0.5) is 0 Å². The SMILES string of the molecule is COC1=C(OC)C(=C2C(OC)=C(OC)C=C[N+]2=O)N([O-])C=C1. The summed E-state index contributed by atoms with van der Waals surface area (Å²) in [5.74, 6) is 0.872. The van der Waals surface area contributed by atoms with Crippen molar-refractivity contribution >= 4 is 0 Å². The van der Waals surface area contributed by atoms with E-state index >= 15 is 0 Å². The summed E-state index contributed by atoms with van der Waals surface area (Å²) in [6.07, 6.45) is 5.32. The molecule has 118 valence electrons. The summed E-state index contributed by atoms with van der Waals surface area (Å²) in [7, 11) is 5.63. The first-order valence-corrected chi connectivity index (χ1v) is 6.27. The molecular weight excluding hydrogens is 292 g/mol. The molecule has 2 aliphatic rings. The molecule has 8 heteroatoms. The van der Waals surface area contributed by atoms with Gasteiger partial charge in [0.1, 0.15) is 0 Å². The molecule has 2 heterocycles. The van der Waals surface area contributed by atoms with E-state index in [1.165, 1.54) is 53.0 Å². The van der Waals surface area contributed by atoms with Crippen LogP contribution in [0.3, 0.4) is 0 Å². The van der Waals surface area contributed by atoms with Gasteiger partial charge in [-0.05, 0) is 12.3 Å². The van der Waals surface area contributed by atoms with Gasteiger partial charge in [-0.25, -0.2) is 0 Å². The molecule has 0 aromatic rings. The summed E-state index contributed by atoms with van der Waals surface area (Å²) in [4.78, 5) is 12.2. The number of hydrogen-bond acceptors (Lipinski definition) is 7. The zero-order valence-corrected chi connectivity index (χ0v) is 12.7. The van der Waals surface area contributed by atoms with E-state index < -0.39 is 0 Å². The first-order valence-electron chi connectivity index (χ1n) is 6.27. The third-order valence-corrected chi connectivity index (χ3v) is 3.11. The lowest BCUT2D eigenvalue weighted by molar-refractivity contribution is -0.427. The van der Waals surface area contributed by atoms with Crippen molar-refractivity contribution < 1.29 is 23.7 Å². The lowest BCUT2D eigenvalue weighted by Gasteiger charge is -2.33. The Labute approximate surface area is 127 Å². The van der Waals surface area contributed by atoms with E-state index in [9.17, 15) is 10.1 Å². The smallest absolute Gasteiger partial charge is 0.334 e. The van der Waals surface area contributed by atoms with Crippen molar-refractivity contribution in [2.24, 2.45) is 0 Å². The fourth-order valence-corrected chi connectivity index (χ4v) is 2.14. The van der Waals surface area contributed by atoms with E-state index in [1.807, 2.05) is 0 Å². The molecule has 0 bridgehead atoms. The molecule has 0 amide bonds. The fraction of sp³-hybridized carbons (Fsp3) is 0.286. The quantitative estimate of drug-likeness (QED) is 0.733. The van der Waals surface area contributed by atoms with Crippen molar-refractivity contribution in [1.82, 2.24) is 5.06 Å². The molecule has 0 unspecified atom stereocenters. The number of allylic oxidation sites excluding steroid dienone is 2. The highest BCUT2D eigenvalue weighted by atomic mass is 16.5. The van der Waals surface area contributed by atoms with Gasteiger partial charge in [0, 0.05) is 4.91 Å². The number of nitrogens with zero attached hydrogens (tertiary/aromatic N) is 2. The molecule has 0 spiro atoms. The van der Waals surface area contributed by atoms with E-state index in [0.717, 1.165) is 0 Å². The first kappa shape index (κ1) is 15.6. The maximum Gasteiger partial charge on any atom is 0.334 e. The van der Waals surface area contributed by atoms with Crippen LogP contribution >= 0.6 is 0 Å². The van der Waals surface area contributed by atoms with E-state index in [1.54, 1.807) is 0 Å². The summed E-state index contributed by atoms with van der Waals surface area (Å²) in [5, 5.41) is 12.7. The second-order valence-corrected chi connectivity index (χ2v) is 4.18. The Morgan fingerprint density at radius 2 is 1.55 bits per heavy atom. The molecule has 8 nitrogen and oxygen atoms in total. The number of methoxy groups -OCH3 is 4. The maximum atomic E-state index is 12.2. The largest absolute Gasteiger partial charge is 0.754 e. The standard InChI is InChI=1S/C14H16N2O6/c1-19-9-5-7-15(17)11(13(9)21-3)12-14(22-4)10(20-2)6-8-16(12)18/h5-8H,1-4H3. The minimum atomic E-state index is -0.0346. The first-order chi connectivity index (χ1) is 10.6. The van der Waals surface area contributed by atoms with Crippen molar-refractivity contribution in [2.75, 3.05) is 28.4 Å². The third-order valence-electron chi connectivity index (χ3n) is 3.11. The lowest BCUT2D eigenvalue weighted by Crippen LogP contribution is -2.24. The van der Waals surface area contributed by atoms with Gasteiger partial charge < -0.3 is 29.2 Å². The van der Waals surface area contributed by atoms with Crippen LogP contribution in [0, 0.1) is 10.1 Å². The van der Waals surface area contributed by atoms with Crippen molar-refractivity contribution in [1.29, 1.82) is 0 Å². The molecule has 0 saturated carbocycles. The molecular formula is C14H16N2O6. The topological polar surface area (TPSA) is 83.3 Å². The number of hydroxylamine groups is 2. The van der Waals surface area contributed by atoms with E-state index in [-0.39, 0.29) is 22.9 Å². The predicted octanol–water partition coefficient (Wildman–Crippen LogP) is 1.84. The Kier molecular flexibility index (Phi) is 4.52.